The molecular formula is C36H36Cl2F3NO2. The molecule has 0 spiro atoms. The molecule has 0 aliphatic carbocycles. The average Bonchev–Trinajstić information content (AvgIpc) is 2.99. The molecule has 44 heavy (non-hydrogen) atoms. The van der Waals surface area contributed by atoms with E-state index < -0.39 is 18.1 Å². The van der Waals surface area contributed by atoms with E-state index in [0.29, 0.717) is 16.5 Å². The molecule has 0 aliphatic heterocycles. The minimum absolute atomic E-state index is 0.0665. The van der Waals surface area contributed by atoms with Gasteiger partial charge in [-0.2, -0.15) is 13.2 Å². The predicted molar refractivity (Wildman–Crippen MR) is 172 cm³/mol. The van der Waals surface area contributed by atoms with Gasteiger partial charge in [-0.25, -0.2) is 0 Å². The third kappa shape index (κ3) is 10.1. The molecule has 0 radical (unpaired) electrons. The van der Waals surface area contributed by atoms with E-state index in [9.17, 15) is 18.0 Å². The first kappa shape index (κ1) is 33.6. The van der Waals surface area contributed by atoms with Crippen molar-refractivity contribution in [2.45, 2.75) is 50.8 Å². The van der Waals surface area contributed by atoms with Crippen LogP contribution >= 0.6 is 23.2 Å². The molecule has 8 heteroatoms. The number of hydrogen-bond donors (Lipinski definition) is 0. The molecule has 0 amide bonds. The van der Waals surface area contributed by atoms with Crippen molar-refractivity contribution in [2.24, 2.45) is 0 Å². The Morgan fingerprint density at radius 2 is 1.41 bits per heavy atom. The van der Waals surface area contributed by atoms with Gasteiger partial charge in [-0.3, -0.25) is 4.79 Å². The lowest BCUT2D eigenvalue weighted by Crippen LogP contribution is -2.38. The maximum absolute atomic E-state index is 13.3. The molecule has 4 aromatic rings. The Morgan fingerprint density at radius 3 is 1.95 bits per heavy atom. The van der Waals surface area contributed by atoms with Gasteiger partial charge in [0.05, 0.1) is 0 Å². The molecule has 0 fully saturated rings. The molecule has 1 unspecified atom stereocenters. The predicted octanol–water partition coefficient (Wildman–Crippen LogP) is 9.51. The fraction of sp³-hybridized carbons (Fsp3) is 0.306. The number of carbonyl (C=O) groups excluding carboxylic acids is 1. The van der Waals surface area contributed by atoms with Crippen LogP contribution in [0.2, 0.25) is 10.0 Å². The maximum atomic E-state index is 13.3. The summed E-state index contributed by atoms with van der Waals surface area (Å²) in [6.45, 7) is 3.56. The lowest BCUT2D eigenvalue weighted by Gasteiger charge is -2.25. The van der Waals surface area contributed by atoms with Gasteiger partial charge in [-0.15, -0.1) is 0 Å². The van der Waals surface area contributed by atoms with Gasteiger partial charge >= 0.3 is 6.18 Å². The van der Waals surface area contributed by atoms with E-state index in [1.54, 1.807) is 12.1 Å². The summed E-state index contributed by atoms with van der Waals surface area (Å²) in [4.78, 5) is 14.4. The minimum Gasteiger partial charge on any atom is -0.482 e. The van der Waals surface area contributed by atoms with Crippen LogP contribution in [0.15, 0.2) is 97.1 Å². The normalized spacial score (nSPS) is 12.5. The number of halogens is 5. The van der Waals surface area contributed by atoms with Crippen LogP contribution in [-0.4, -0.2) is 43.1 Å². The number of nitrogens with zero attached hydrogens (tertiary/aromatic N) is 1. The second kappa shape index (κ2) is 15.6. The fourth-order valence-electron chi connectivity index (χ4n) is 5.24. The Hall–Kier alpha value is -3.32. The second-order valence-corrected chi connectivity index (χ2v) is 12.0. The summed E-state index contributed by atoms with van der Waals surface area (Å²) in [6.07, 6.45) is -4.67. The number of Topliss-reactive ketones (excluding diaryl/α,β-unsaturated/α-hetero) is 1. The summed E-state index contributed by atoms with van der Waals surface area (Å²) in [5, 5.41) is 1.39. The van der Waals surface area contributed by atoms with Gasteiger partial charge in [0.25, 0.3) is 5.78 Å². The quantitative estimate of drug-likeness (QED) is 0.137. The molecule has 3 nitrogen and oxygen atoms in total. The molecule has 0 saturated carbocycles. The van der Waals surface area contributed by atoms with E-state index >= 15 is 0 Å². The number of benzene rings is 4. The highest BCUT2D eigenvalue weighted by Gasteiger charge is 2.44. The molecule has 232 valence electrons. The Morgan fingerprint density at radius 1 is 0.818 bits per heavy atom. The standard InChI is InChI=1S/C36H36Cl2F3NO2/c1-25-5-3-6-27(23-25)10-21-34(35(43)36(39,40)41)44-32-19-8-26(9-20-32)7-4-22-42(2)24-33(28-11-15-30(37)16-12-28)29-13-17-31(38)18-14-29/h3,5-6,8-9,11-20,23,33-34H,4,7,10,21-22,24H2,1-2H3. The zero-order valence-electron chi connectivity index (χ0n) is 24.8. The first-order valence-corrected chi connectivity index (χ1v) is 15.3. The lowest BCUT2D eigenvalue weighted by molar-refractivity contribution is -0.178. The van der Waals surface area contributed by atoms with Crippen molar-refractivity contribution in [3.63, 3.8) is 0 Å². The lowest BCUT2D eigenvalue weighted by atomic mass is 9.91. The van der Waals surface area contributed by atoms with E-state index in [1.165, 1.54) is 11.1 Å². The van der Waals surface area contributed by atoms with Crippen molar-refractivity contribution in [2.75, 3.05) is 20.1 Å². The number of likely N-dealkylation sites (N-methyl/N-ethyl adjacent to an activating group) is 1. The van der Waals surface area contributed by atoms with E-state index in [-0.39, 0.29) is 18.1 Å². The van der Waals surface area contributed by atoms with Crippen molar-refractivity contribution in [1.29, 1.82) is 0 Å². The SMILES string of the molecule is Cc1cccc(CCC(Oc2ccc(CCCN(C)CC(c3ccc(Cl)cc3)c3ccc(Cl)cc3)cc2)C(=O)C(F)(F)F)c1. The highest BCUT2D eigenvalue weighted by molar-refractivity contribution is 6.30. The van der Waals surface area contributed by atoms with E-state index in [2.05, 4.69) is 36.2 Å². The van der Waals surface area contributed by atoms with E-state index in [4.69, 9.17) is 27.9 Å². The van der Waals surface area contributed by atoms with Crippen LogP contribution in [0.5, 0.6) is 5.75 Å². The van der Waals surface area contributed by atoms with Crippen LogP contribution in [0.3, 0.4) is 0 Å². The molecule has 4 aromatic carbocycles. The molecule has 1 atom stereocenters. The summed E-state index contributed by atoms with van der Waals surface area (Å²) in [6, 6.07) is 30.3. The number of ketones is 1. The largest absolute Gasteiger partial charge is 0.482 e. The van der Waals surface area contributed by atoms with Crippen molar-refractivity contribution in [1.82, 2.24) is 4.90 Å². The van der Waals surface area contributed by atoms with Crippen LogP contribution in [0.1, 0.15) is 46.6 Å². The highest BCUT2D eigenvalue weighted by atomic mass is 35.5. The van der Waals surface area contributed by atoms with Crippen LogP contribution in [0.25, 0.3) is 0 Å². The monoisotopic (exact) mass is 641 g/mol. The van der Waals surface area contributed by atoms with Gasteiger partial charge in [-0.05, 0) is 105 Å². The fourth-order valence-corrected chi connectivity index (χ4v) is 5.49. The van der Waals surface area contributed by atoms with Gasteiger partial charge in [0.2, 0.25) is 0 Å². The topological polar surface area (TPSA) is 29.5 Å². The first-order valence-electron chi connectivity index (χ1n) is 14.6. The van der Waals surface area contributed by atoms with Crippen LogP contribution in [0.4, 0.5) is 13.2 Å². The smallest absolute Gasteiger partial charge is 0.453 e. The number of alkyl halides is 3. The summed E-state index contributed by atoms with van der Waals surface area (Å²) in [7, 11) is 2.09. The molecule has 0 heterocycles. The van der Waals surface area contributed by atoms with E-state index in [0.717, 1.165) is 42.6 Å². The van der Waals surface area contributed by atoms with Crippen molar-refractivity contribution < 1.29 is 22.7 Å². The number of aryl methyl sites for hydroxylation is 3. The third-order valence-electron chi connectivity index (χ3n) is 7.60. The molecule has 0 aliphatic rings. The number of carbonyl (C=O) groups is 1. The van der Waals surface area contributed by atoms with Crippen molar-refractivity contribution in [3.8, 4) is 5.75 Å². The van der Waals surface area contributed by atoms with Crippen LogP contribution < -0.4 is 4.74 Å². The Labute approximate surface area is 267 Å². The average molecular weight is 643 g/mol. The summed E-state index contributed by atoms with van der Waals surface area (Å²) in [5.41, 5.74) is 5.24. The van der Waals surface area contributed by atoms with Gasteiger partial charge in [0, 0.05) is 22.5 Å². The zero-order chi connectivity index (χ0) is 31.7. The van der Waals surface area contributed by atoms with E-state index in [1.807, 2.05) is 67.6 Å². The van der Waals surface area contributed by atoms with Crippen LogP contribution in [-0.2, 0) is 17.6 Å². The molecule has 0 bridgehead atoms. The molecule has 4 rings (SSSR count). The molecule has 0 N–H and O–H groups in total. The highest BCUT2D eigenvalue weighted by Crippen LogP contribution is 2.28. The van der Waals surface area contributed by atoms with Gasteiger partial charge in [0.15, 0.2) is 6.10 Å². The Balaban J connectivity index is 1.33. The zero-order valence-corrected chi connectivity index (χ0v) is 26.3. The molecule has 0 saturated heterocycles. The molecular weight excluding hydrogens is 606 g/mol. The Kier molecular flexibility index (Phi) is 11.9. The van der Waals surface area contributed by atoms with Crippen molar-refractivity contribution in [3.05, 3.63) is 135 Å². The van der Waals surface area contributed by atoms with Gasteiger partial charge in [-0.1, -0.05) is 89.4 Å². The minimum atomic E-state index is -4.97. The summed E-state index contributed by atoms with van der Waals surface area (Å²) < 4.78 is 45.6. The number of hydrogen-bond acceptors (Lipinski definition) is 3. The summed E-state index contributed by atoms with van der Waals surface area (Å²) >= 11 is 12.3. The number of ether oxygens (including phenoxy) is 1. The third-order valence-corrected chi connectivity index (χ3v) is 8.10. The van der Waals surface area contributed by atoms with Crippen molar-refractivity contribution >= 4 is 29.0 Å². The first-order chi connectivity index (χ1) is 21.0. The van der Waals surface area contributed by atoms with Crippen LogP contribution in [0, 0.1) is 6.92 Å². The number of rotatable bonds is 14. The van der Waals surface area contributed by atoms with Gasteiger partial charge < -0.3 is 9.64 Å². The Bertz CT molecular complexity index is 1440. The molecule has 0 aromatic heterocycles. The maximum Gasteiger partial charge on any atom is 0.453 e. The summed E-state index contributed by atoms with van der Waals surface area (Å²) in [5.74, 6) is -1.48. The van der Waals surface area contributed by atoms with Gasteiger partial charge in [0.1, 0.15) is 5.75 Å². The second-order valence-electron chi connectivity index (χ2n) is 11.2.